The van der Waals surface area contributed by atoms with Gasteiger partial charge >= 0.3 is 0 Å². The second-order valence-electron chi connectivity index (χ2n) is 4.05. The normalized spacial score (nSPS) is 18.6. The maximum absolute atomic E-state index is 5.55. The molecule has 0 bridgehead atoms. The molecule has 1 aliphatic heterocycles. The Kier molecular flexibility index (Phi) is 3.22. The first-order valence-electron chi connectivity index (χ1n) is 5.47. The second-order valence-corrected chi connectivity index (χ2v) is 4.05. The van der Waals surface area contributed by atoms with Gasteiger partial charge in [-0.2, -0.15) is 0 Å². The number of nitrogens with one attached hydrogen (secondary N) is 1. The fourth-order valence-electron chi connectivity index (χ4n) is 2.06. The zero-order chi connectivity index (χ0) is 9.80. The molecule has 0 aromatic carbocycles. The number of nitrogens with zero attached hydrogens (tertiary/aromatic N) is 1. The van der Waals surface area contributed by atoms with E-state index in [9.17, 15) is 0 Å². The van der Waals surface area contributed by atoms with Crippen molar-refractivity contribution in [2.45, 2.75) is 32.4 Å². The third kappa shape index (κ3) is 2.36. The van der Waals surface area contributed by atoms with Crippen LogP contribution in [0.1, 0.15) is 30.7 Å². The van der Waals surface area contributed by atoms with Crippen LogP contribution in [0.2, 0.25) is 0 Å². The fourth-order valence-corrected chi connectivity index (χ4v) is 2.06. The van der Waals surface area contributed by atoms with Gasteiger partial charge in [0.15, 0.2) is 0 Å². The van der Waals surface area contributed by atoms with Crippen LogP contribution in [0.15, 0.2) is 12.1 Å². The summed E-state index contributed by atoms with van der Waals surface area (Å²) in [5.41, 5.74) is 7.99. The molecule has 78 valence electrons. The minimum Gasteiger partial charge on any atom is -0.360 e. The summed E-state index contributed by atoms with van der Waals surface area (Å²) < 4.78 is 0. The Morgan fingerprint density at radius 3 is 2.50 bits per heavy atom. The number of aromatic amines is 1. The van der Waals surface area contributed by atoms with E-state index in [2.05, 4.69) is 22.0 Å². The van der Waals surface area contributed by atoms with E-state index in [1.807, 2.05) is 0 Å². The van der Waals surface area contributed by atoms with Crippen LogP contribution in [-0.2, 0) is 13.1 Å². The largest absolute Gasteiger partial charge is 0.360 e. The molecule has 0 spiro atoms. The van der Waals surface area contributed by atoms with Gasteiger partial charge in [-0.15, -0.1) is 0 Å². The molecule has 1 fully saturated rings. The van der Waals surface area contributed by atoms with Crippen LogP contribution >= 0.6 is 0 Å². The molecule has 0 saturated carbocycles. The van der Waals surface area contributed by atoms with Crippen molar-refractivity contribution in [2.24, 2.45) is 5.73 Å². The summed E-state index contributed by atoms with van der Waals surface area (Å²) in [5.74, 6) is 0. The molecule has 1 aromatic heterocycles. The lowest BCUT2D eigenvalue weighted by Gasteiger charge is -2.25. The summed E-state index contributed by atoms with van der Waals surface area (Å²) in [4.78, 5) is 5.85. The second kappa shape index (κ2) is 4.62. The molecule has 0 amide bonds. The molecule has 0 radical (unpaired) electrons. The predicted molar refractivity (Wildman–Crippen MR) is 57.8 cm³/mol. The van der Waals surface area contributed by atoms with Crippen molar-refractivity contribution in [2.75, 3.05) is 13.1 Å². The molecule has 1 aliphatic rings. The minimum absolute atomic E-state index is 0.611. The highest BCUT2D eigenvalue weighted by atomic mass is 15.1. The number of H-pyrrole nitrogens is 1. The third-order valence-electron chi connectivity index (χ3n) is 2.87. The highest BCUT2D eigenvalue weighted by molar-refractivity contribution is 5.12. The van der Waals surface area contributed by atoms with Gasteiger partial charge in [0.05, 0.1) is 0 Å². The molecule has 0 unspecified atom stereocenters. The highest BCUT2D eigenvalue weighted by Gasteiger charge is 2.10. The number of aromatic nitrogens is 1. The maximum Gasteiger partial charge on any atom is 0.0385 e. The molecule has 3 heteroatoms. The molecule has 1 aromatic rings. The molecule has 3 nitrogen and oxygen atoms in total. The first-order valence-corrected chi connectivity index (χ1v) is 5.47. The van der Waals surface area contributed by atoms with E-state index in [1.54, 1.807) is 0 Å². The van der Waals surface area contributed by atoms with Gasteiger partial charge in [-0.25, -0.2) is 0 Å². The van der Waals surface area contributed by atoms with Crippen molar-refractivity contribution in [3.8, 4) is 0 Å². The number of likely N-dealkylation sites (tertiary alicyclic amines) is 1. The van der Waals surface area contributed by atoms with Crippen molar-refractivity contribution in [1.29, 1.82) is 0 Å². The monoisotopic (exact) mass is 193 g/mol. The summed E-state index contributed by atoms with van der Waals surface area (Å²) >= 11 is 0. The standard InChI is InChI=1S/C11H19N3/c12-8-10-4-5-11(13-10)9-14-6-2-1-3-7-14/h4-5,13H,1-3,6-9,12H2. The molecule has 2 heterocycles. The van der Waals surface area contributed by atoms with E-state index < -0.39 is 0 Å². The van der Waals surface area contributed by atoms with Crippen LogP contribution in [0.4, 0.5) is 0 Å². The van der Waals surface area contributed by atoms with Gasteiger partial charge in [0.2, 0.25) is 0 Å². The molecular weight excluding hydrogens is 174 g/mol. The smallest absolute Gasteiger partial charge is 0.0385 e. The lowest BCUT2D eigenvalue weighted by atomic mass is 10.1. The van der Waals surface area contributed by atoms with Gasteiger partial charge < -0.3 is 10.7 Å². The average molecular weight is 193 g/mol. The number of piperidine rings is 1. The Morgan fingerprint density at radius 1 is 1.14 bits per heavy atom. The van der Waals surface area contributed by atoms with Crippen LogP contribution in [0.3, 0.4) is 0 Å². The van der Waals surface area contributed by atoms with Crippen molar-refractivity contribution < 1.29 is 0 Å². The summed E-state index contributed by atoms with van der Waals surface area (Å²) in [6.07, 6.45) is 4.10. The Balaban J connectivity index is 1.89. The maximum atomic E-state index is 5.55. The Hall–Kier alpha value is -0.800. The quantitative estimate of drug-likeness (QED) is 0.763. The van der Waals surface area contributed by atoms with Crippen molar-refractivity contribution in [1.82, 2.24) is 9.88 Å². The zero-order valence-electron chi connectivity index (χ0n) is 8.63. The predicted octanol–water partition coefficient (Wildman–Crippen LogP) is 1.46. The van der Waals surface area contributed by atoms with E-state index >= 15 is 0 Å². The molecule has 0 aliphatic carbocycles. The topological polar surface area (TPSA) is 45.0 Å². The third-order valence-corrected chi connectivity index (χ3v) is 2.87. The molecule has 14 heavy (non-hydrogen) atoms. The van der Waals surface area contributed by atoms with Crippen molar-refractivity contribution in [3.05, 3.63) is 23.5 Å². The molecular formula is C11H19N3. The average Bonchev–Trinajstić information content (AvgIpc) is 2.67. The van der Waals surface area contributed by atoms with Crippen LogP contribution in [0.5, 0.6) is 0 Å². The van der Waals surface area contributed by atoms with Crippen LogP contribution in [0.25, 0.3) is 0 Å². The Labute approximate surface area is 85.3 Å². The first kappa shape index (κ1) is 9.74. The van der Waals surface area contributed by atoms with Crippen molar-refractivity contribution in [3.63, 3.8) is 0 Å². The number of hydrogen-bond acceptors (Lipinski definition) is 2. The van der Waals surface area contributed by atoms with Crippen LogP contribution < -0.4 is 5.73 Å². The van der Waals surface area contributed by atoms with Crippen LogP contribution in [0, 0.1) is 0 Å². The van der Waals surface area contributed by atoms with Crippen molar-refractivity contribution >= 4 is 0 Å². The number of hydrogen-bond donors (Lipinski definition) is 2. The van der Waals surface area contributed by atoms with Gasteiger partial charge in [-0.05, 0) is 38.1 Å². The van der Waals surface area contributed by atoms with E-state index in [0.29, 0.717) is 6.54 Å². The van der Waals surface area contributed by atoms with Gasteiger partial charge in [-0.1, -0.05) is 6.42 Å². The van der Waals surface area contributed by atoms with Gasteiger partial charge in [0.25, 0.3) is 0 Å². The molecule has 3 N–H and O–H groups in total. The van der Waals surface area contributed by atoms with E-state index in [-0.39, 0.29) is 0 Å². The zero-order valence-corrected chi connectivity index (χ0v) is 8.63. The Bertz CT molecular complexity index is 274. The summed E-state index contributed by atoms with van der Waals surface area (Å²) in [6, 6.07) is 4.23. The van der Waals surface area contributed by atoms with E-state index in [1.165, 1.54) is 38.0 Å². The van der Waals surface area contributed by atoms with Gasteiger partial charge in [0, 0.05) is 24.5 Å². The van der Waals surface area contributed by atoms with Crippen LogP contribution in [-0.4, -0.2) is 23.0 Å². The summed E-state index contributed by atoms with van der Waals surface area (Å²) in [6.45, 7) is 4.16. The highest BCUT2D eigenvalue weighted by Crippen LogP contribution is 2.12. The van der Waals surface area contributed by atoms with Gasteiger partial charge in [0.1, 0.15) is 0 Å². The fraction of sp³-hybridized carbons (Fsp3) is 0.636. The first-order chi connectivity index (χ1) is 6.88. The van der Waals surface area contributed by atoms with E-state index in [4.69, 9.17) is 5.73 Å². The molecule has 2 rings (SSSR count). The molecule has 1 saturated heterocycles. The lowest BCUT2D eigenvalue weighted by molar-refractivity contribution is 0.219. The van der Waals surface area contributed by atoms with Gasteiger partial charge in [-0.3, -0.25) is 4.90 Å². The summed E-state index contributed by atoms with van der Waals surface area (Å²) in [7, 11) is 0. The lowest BCUT2D eigenvalue weighted by Crippen LogP contribution is -2.29. The Morgan fingerprint density at radius 2 is 1.86 bits per heavy atom. The number of nitrogens with two attached hydrogens (primary N) is 1. The summed E-state index contributed by atoms with van der Waals surface area (Å²) in [5, 5.41) is 0. The molecule has 0 atom stereocenters. The number of rotatable bonds is 3. The van der Waals surface area contributed by atoms with E-state index in [0.717, 1.165) is 12.2 Å². The SMILES string of the molecule is NCc1ccc(CN2CCCCC2)[nH]1. The minimum atomic E-state index is 0.611.